The van der Waals surface area contributed by atoms with Crippen molar-refractivity contribution in [1.82, 2.24) is 5.32 Å². The molecule has 1 rings (SSSR count). The molecule has 0 radical (unpaired) electrons. The molecule has 4 nitrogen and oxygen atoms in total. The Morgan fingerprint density at radius 3 is 2.55 bits per heavy atom. The molecule has 0 saturated heterocycles. The molecule has 0 fully saturated rings. The number of rotatable bonds is 7. The third-order valence-corrected chi connectivity index (χ3v) is 3.28. The zero-order valence-corrected chi connectivity index (χ0v) is 12.9. The number of benzene rings is 1. The fraction of sp³-hybridized carbons (Fsp3) is 0.286. The van der Waals surface area contributed by atoms with E-state index in [4.69, 9.17) is 16.3 Å². The van der Waals surface area contributed by atoms with Gasteiger partial charge in [-0.1, -0.05) is 11.6 Å². The highest BCUT2D eigenvalue weighted by Gasteiger charge is 2.07. The van der Waals surface area contributed by atoms with Gasteiger partial charge >= 0.3 is 5.97 Å². The van der Waals surface area contributed by atoms with Crippen LogP contribution in [0.4, 0.5) is 0 Å². The summed E-state index contributed by atoms with van der Waals surface area (Å²) in [6, 6.07) is 6.63. The number of hydrogen-bond acceptors (Lipinski definition) is 5. The molecule has 0 heterocycles. The molecule has 0 aliphatic rings. The fourth-order valence-corrected chi connectivity index (χ4v) is 1.94. The quantitative estimate of drug-likeness (QED) is 0.476. The van der Waals surface area contributed by atoms with Crippen LogP contribution in [0.5, 0.6) is 0 Å². The summed E-state index contributed by atoms with van der Waals surface area (Å²) in [6.45, 7) is 2.12. The summed E-state index contributed by atoms with van der Waals surface area (Å²) in [5.74, 6) is -0.506. The van der Waals surface area contributed by atoms with Crippen LogP contribution in [-0.4, -0.2) is 31.2 Å². The van der Waals surface area contributed by atoms with E-state index in [2.05, 4.69) is 5.32 Å². The van der Waals surface area contributed by atoms with Gasteiger partial charge in [-0.25, -0.2) is 0 Å². The molecule has 0 aliphatic heterocycles. The van der Waals surface area contributed by atoms with Crippen molar-refractivity contribution in [1.29, 1.82) is 0 Å². The number of carbonyl (C=O) groups is 2. The van der Waals surface area contributed by atoms with Gasteiger partial charge in [0.15, 0.2) is 5.78 Å². The van der Waals surface area contributed by atoms with Crippen molar-refractivity contribution in [3.05, 3.63) is 46.0 Å². The second kappa shape index (κ2) is 8.66. The van der Waals surface area contributed by atoms with Gasteiger partial charge in [0.05, 0.1) is 11.6 Å². The SMILES string of the molecule is CCOC(=O)CN/C(=C/C(=O)c1ccc(Cl)cc1)SC. The number of carbonyl (C=O) groups excluding carboxylic acids is 2. The molecule has 0 unspecified atom stereocenters. The van der Waals surface area contributed by atoms with Crippen molar-refractivity contribution < 1.29 is 14.3 Å². The molecule has 1 aromatic carbocycles. The topological polar surface area (TPSA) is 55.4 Å². The minimum atomic E-state index is -0.355. The van der Waals surface area contributed by atoms with E-state index in [1.165, 1.54) is 17.8 Å². The third kappa shape index (κ3) is 5.67. The highest BCUT2D eigenvalue weighted by atomic mass is 35.5. The Morgan fingerprint density at radius 1 is 1.35 bits per heavy atom. The number of hydrogen-bond donors (Lipinski definition) is 1. The number of nitrogens with one attached hydrogen (secondary N) is 1. The first-order valence-electron chi connectivity index (χ1n) is 6.02. The molecular weight excluding hydrogens is 298 g/mol. The minimum Gasteiger partial charge on any atom is -0.465 e. The first-order valence-corrected chi connectivity index (χ1v) is 7.62. The van der Waals surface area contributed by atoms with E-state index in [-0.39, 0.29) is 18.3 Å². The van der Waals surface area contributed by atoms with Crippen molar-refractivity contribution in [2.75, 3.05) is 19.4 Å². The number of allylic oxidation sites excluding steroid dienone is 1. The van der Waals surface area contributed by atoms with Gasteiger partial charge in [0.25, 0.3) is 0 Å². The van der Waals surface area contributed by atoms with Crippen molar-refractivity contribution >= 4 is 35.1 Å². The number of ketones is 1. The van der Waals surface area contributed by atoms with E-state index in [9.17, 15) is 9.59 Å². The van der Waals surface area contributed by atoms with Gasteiger partial charge < -0.3 is 10.1 Å². The van der Waals surface area contributed by atoms with E-state index >= 15 is 0 Å². The van der Waals surface area contributed by atoms with Gasteiger partial charge in [0.2, 0.25) is 0 Å². The molecule has 0 spiro atoms. The standard InChI is InChI=1S/C14H16ClNO3S/c1-3-19-14(18)9-16-13(20-2)8-12(17)10-4-6-11(15)7-5-10/h4-8,16H,3,9H2,1-2H3/b13-8-. The Bertz CT molecular complexity index is 500. The van der Waals surface area contributed by atoms with Crippen molar-refractivity contribution in [2.24, 2.45) is 0 Å². The maximum absolute atomic E-state index is 12.0. The first-order chi connectivity index (χ1) is 9.56. The second-order valence-electron chi connectivity index (χ2n) is 3.74. The van der Waals surface area contributed by atoms with Gasteiger partial charge in [-0.3, -0.25) is 9.59 Å². The number of esters is 1. The Kier molecular flexibility index (Phi) is 7.18. The summed E-state index contributed by atoms with van der Waals surface area (Å²) in [5.41, 5.74) is 0.541. The van der Waals surface area contributed by atoms with Crippen LogP contribution in [0.25, 0.3) is 0 Å². The van der Waals surface area contributed by atoms with E-state index in [0.29, 0.717) is 22.2 Å². The van der Waals surface area contributed by atoms with Gasteiger partial charge in [-0.2, -0.15) is 0 Å². The largest absolute Gasteiger partial charge is 0.465 e. The molecule has 108 valence electrons. The predicted molar refractivity (Wildman–Crippen MR) is 82.0 cm³/mol. The smallest absolute Gasteiger partial charge is 0.325 e. The Labute approximate surface area is 127 Å². The Balaban J connectivity index is 2.66. The van der Waals surface area contributed by atoms with E-state index in [1.54, 1.807) is 31.2 Å². The molecular formula is C14H16ClNO3S. The highest BCUT2D eigenvalue weighted by Crippen LogP contribution is 2.13. The fourth-order valence-electron chi connectivity index (χ4n) is 1.37. The lowest BCUT2D eigenvalue weighted by molar-refractivity contribution is -0.141. The zero-order chi connectivity index (χ0) is 15.0. The minimum absolute atomic E-state index is 0.0361. The van der Waals surface area contributed by atoms with Gasteiger partial charge in [-0.15, -0.1) is 11.8 Å². The van der Waals surface area contributed by atoms with E-state index in [0.717, 1.165) is 0 Å². The van der Waals surface area contributed by atoms with Crippen LogP contribution in [0.3, 0.4) is 0 Å². The van der Waals surface area contributed by atoms with Crippen molar-refractivity contribution in [3.8, 4) is 0 Å². The van der Waals surface area contributed by atoms with E-state index in [1.807, 2.05) is 6.26 Å². The number of ether oxygens (including phenoxy) is 1. The molecule has 0 bridgehead atoms. The second-order valence-corrected chi connectivity index (χ2v) is 5.03. The average Bonchev–Trinajstić information content (AvgIpc) is 2.44. The monoisotopic (exact) mass is 313 g/mol. The van der Waals surface area contributed by atoms with Crippen LogP contribution in [-0.2, 0) is 9.53 Å². The number of thioether (sulfide) groups is 1. The average molecular weight is 314 g/mol. The van der Waals surface area contributed by atoms with Crippen LogP contribution < -0.4 is 5.32 Å². The van der Waals surface area contributed by atoms with Gasteiger partial charge in [-0.05, 0) is 37.4 Å². The summed E-state index contributed by atoms with van der Waals surface area (Å²) in [6.07, 6.45) is 3.27. The molecule has 0 atom stereocenters. The Hall–Kier alpha value is -1.46. The first kappa shape index (κ1) is 16.6. The van der Waals surface area contributed by atoms with Crippen molar-refractivity contribution in [2.45, 2.75) is 6.92 Å². The van der Waals surface area contributed by atoms with Gasteiger partial charge in [0.1, 0.15) is 6.54 Å². The molecule has 1 N–H and O–H groups in total. The summed E-state index contributed by atoms with van der Waals surface area (Å²) in [5, 5.41) is 4.06. The molecule has 20 heavy (non-hydrogen) atoms. The normalized spacial score (nSPS) is 11.1. The maximum atomic E-state index is 12.0. The predicted octanol–water partition coefficient (Wildman–Crippen LogP) is 2.88. The Morgan fingerprint density at radius 2 is 2.00 bits per heavy atom. The lowest BCUT2D eigenvalue weighted by atomic mass is 10.1. The summed E-state index contributed by atoms with van der Waals surface area (Å²) in [7, 11) is 0. The summed E-state index contributed by atoms with van der Waals surface area (Å²) < 4.78 is 4.80. The third-order valence-electron chi connectivity index (χ3n) is 2.32. The molecule has 6 heteroatoms. The molecule has 0 saturated carbocycles. The van der Waals surface area contributed by atoms with Crippen LogP contribution in [0.1, 0.15) is 17.3 Å². The van der Waals surface area contributed by atoms with Crippen LogP contribution in [0, 0.1) is 0 Å². The molecule has 1 aromatic rings. The lowest BCUT2D eigenvalue weighted by Crippen LogP contribution is -2.23. The maximum Gasteiger partial charge on any atom is 0.325 e. The van der Waals surface area contributed by atoms with Gasteiger partial charge in [0, 0.05) is 16.7 Å². The van der Waals surface area contributed by atoms with E-state index < -0.39 is 0 Å². The highest BCUT2D eigenvalue weighted by molar-refractivity contribution is 8.02. The van der Waals surface area contributed by atoms with Crippen LogP contribution in [0.15, 0.2) is 35.4 Å². The summed E-state index contributed by atoms with van der Waals surface area (Å²) in [4.78, 5) is 23.2. The van der Waals surface area contributed by atoms with Crippen molar-refractivity contribution in [3.63, 3.8) is 0 Å². The lowest BCUT2D eigenvalue weighted by Gasteiger charge is -2.07. The summed E-state index contributed by atoms with van der Waals surface area (Å²) >= 11 is 7.12. The van der Waals surface area contributed by atoms with Crippen LogP contribution in [0.2, 0.25) is 5.02 Å². The molecule has 0 amide bonds. The number of halogens is 1. The molecule has 0 aliphatic carbocycles. The molecule has 0 aromatic heterocycles. The van der Waals surface area contributed by atoms with Crippen LogP contribution >= 0.6 is 23.4 Å². The zero-order valence-electron chi connectivity index (χ0n) is 11.3.